The van der Waals surface area contributed by atoms with Crippen LogP contribution in [0.5, 0.6) is 11.5 Å². The number of H-pyrrole nitrogens is 1. The quantitative estimate of drug-likeness (QED) is 0.539. The minimum absolute atomic E-state index is 0.0869. The third-order valence-electron chi connectivity index (χ3n) is 6.18. The van der Waals surface area contributed by atoms with Crippen LogP contribution in [0.1, 0.15) is 53.6 Å². The number of carboxylic acids is 1. The van der Waals surface area contributed by atoms with E-state index < -0.39 is 5.97 Å². The summed E-state index contributed by atoms with van der Waals surface area (Å²) in [4.78, 5) is 15.2. The number of nitrogens with one attached hydrogen (secondary N) is 1. The van der Waals surface area contributed by atoms with Crippen LogP contribution in [0, 0.1) is 6.92 Å². The maximum Gasteiger partial charge on any atom is 0.335 e. The minimum Gasteiger partial charge on any atom is -0.493 e. The number of aromatic carboxylic acids is 1. The van der Waals surface area contributed by atoms with Crippen LogP contribution in [0.15, 0.2) is 42.6 Å². The molecular weight excluding hydrogens is 394 g/mol. The molecule has 4 rings (SSSR count). The molecule has 1 aliphatic rings. The predicted octanol–water partition coefficient (Wildman–Crippen LogP) is 5.30. The second-order valence-electron chi connectivity index (χ2n) is 8.04. The second-order valence-corrected chi connectivity index (χ2v) is 8.04. The van der Waals surface area contributed by atoms with Gasteiger partial charge in [-0.25, -0.2) is 4.79 Å². The number of aryl methyl sites for hydroxylation is 1. The molecule has 1 saturated carbocycles. The van der Waals surface area contributed by atoms with E-state index in [4.69, 9.17) is 14.2 Å². The van der Waals surface area contributed by atoms with Gasteiger partial charge in [-0.3, -0.25) is 0 Å². The Balaban J connectivity index is 1.75. The third kappa shape index (κ3) is 4.12. The Morgan fingerprint density at radius 2 is 2.03 bits per heavy atom. The molecule has 0 saturated heterocycles. The summed E-state index contributed by atoms with van der Waals surface area (Å²) >= 11 is 0. The highest BCUT2D eigenvalue weighted by Gasteiger charge is 2.36. The number of carbonyl (C=O) groups is 1. The maximum atomic E-state index is 11.9. The molecule has 1 aliphatic carbocycles. The zero-order valence-corrected chi connectivity index (χ0v) is 18.2. The van der Waals surface area contributed by atoms with Crippen molar-refractivity contribution in [2.24, 2.45) is 0 Å². The lowest BCUT2D eigenvalue weighted by Gasteiger charge is -2.37. The lowest BCUT2D eigenvalue weighted by Crippen LogP contribution is -2.36. The van der Waals surface area contributed by atoms with Crippen molar-refractivity contribution in [3.8, 4) is 11.5 Å². The Kier molecular flexibility index (Phi) is 6.18. The van der Waals surface area contributed by atoms with Crippen molar-refractivity contribution in [3.05, 3.63) is 59.3 Å². The van der Waals surface area contributed by atoms with Crippen LogP contribution in [0.25, 0.3) is 10.9 Å². The average Bonchev–Trinajstić information content (AvgIpc) is 3.27. The minimum atomic E-state index is -0.922. The molecule has 0 aliphatic heterocycles. The number of aromatic nitrogens is 1. The molecular formula is C25H29NO5. The number of hydrogen-bond donors (Lipinski definition) is 2. The van der Waals surface area contributed by atoms with Gasteiger partial charge in [0, 0.05) is 24.1 Å². The summed E-state index contributed by atoms with van der Waals surface area (Å²) in [5.74, 6) is 0.357. The van der Waals surface area contributed by atoms with E-state index >= 15 is 0 Å². The second kappa shape index (κ2) is 9.02. The standard InChI is InChI=1S/C25H29NO5/c1-4-30-16-9-10-21(20(14-16)17-7-5-6-8-18(17)25(27)28)31-24-19-11-12-26-23(19)15(2)13-22(24)29-3/h5-8,11-13,16,20-21,26H,4,9-10,14H2,1-3H3,(H,27,28)/t16-,20+,21+/m0/s1. The van der Waals surface area contributed by atoms with E-state index in [2.05, 4.69) is 4.98 Å². The molecule has 0 unspecified atom stereocenters. The molecule has 3 atom stereocenters. The number of benzene rings is 2. The molecule has 3 aromatic rings. The van der Waals surface area contributed by atoms with Crippen LogP contribution in [0.3, 0.4) is 0 Å². The number of carboxylic acid groups (broad SMARTS) is 1. The van der Waals surface area contributed by atoms with Gasteiger partial charge >= 0.3 is 5.97 Å². The van der Waals surface area contributed by atoms with E-state index in [1.54, 1.807) is 19.2 Å². The van der Waals surface area contributed by atoms with Gasteiger partial charge in [-0.05, 0) is 62.4 Å². The largest absolute Gasteiger partial charge is 0.493 e. The first-order chi connectivity index (χ1) is 15.0. The zero-order chi connectivity index (χ0) is 22.0. The van der Waals surface area contributed by atoms with Gasteiger partial charge in [0.1, 0.15) is 6.10 Å². The molecule has 0 radical (unpaired) electrons. The summed E-state index contributed by atoms with van der Waals surface area (Å²) < 4.78 is 18.2. The van der Waals surface area contributed by atoms with E-state index in [0.717, 1.165) is 34.9 Å². The Morgan fingerprint density at radius 1 is 1.23 bits per heavy atom. The fourth-order valence-electron chi connectivity index (χ4n) is 4.75. The smallest absolute Gasteiger partial charge is 0.335 e. The van der Waals surface area contributed by atoms with Gasteiger partial charge in [-0.2, -0.15) is 0 Å². The van der Waals surface area contributed by atoms with E-state index in [1.807, 2.05) is 44.3 Å². The number of fused-ring (bicyclic) bond motifs is 1. The van der Waals surface area contributed by atoms with Gasteiger partial charge in [0.25, 0.3) is 0 Å². The Bertz CT molecular complexity index is 1070. The Hall–Kier alpha value is -2.99. The first-order valence-electron chi connectivity index (χ1n) is 10.8. The predicted molar refractivity (Wildman–Crippen MR) is 119 cm³/mol. The van der Waals surface area contributed by atoms with Gasteiger partial charge < -0.3 is 24.3 Å². The molecule has 164 valence electrons. The summed E-state index contributed by atoms with van der Waals surface area (Å²) in [6.07, 6.45) is 4.15. The van der Waals surface area contributed by atoms with Crippen molar-refractivity contribution < 1.29 is 24.1 Å². The van der Waals surface area contributed by atoms with Gasteiger partial charge in [-0.1, -0.05) is 18.2 Å². The molecule has 0 amide bonds. The highest BCUT2D eigenvalue weighted by molar-refractivity contribution is 5.91. The lowest BCUT2D eigenvalue weighted by molar-refractivity contribution is -0.00272. The third-order valence-corrected chi connectivity index (χ3v) is 6.18. The first-order valence-corrected chi connectivity index (χ1v) is 10.8. The van der Waals surface area contributed by atoms with Crippen molar-refractivity contribution in [2.45, 2.75) is 51.2 Å². The van der Waals surface area contributed by atoms with Crippen LogP contribution in [-0.4, -0.2) is 42.0 Å². The molecule has 2 aromatic carbocycles. The molecule has 31 heavy (non-hydrogen) atoms. The fraction of sp³-hybridized carbons (Fsp3) is 0.400. The van der Waals surface area contributed by atoms with Crippen LogP contribution >= 0.6 is 0 Å². The normalized spacial score (nSPS) is 21.2. The van der Waals surface area contributed by atoms with Crippen LogP contribution < -0.4 is 9.47 Å². The van der Waals surface area contributed by atoms with Gasteiger partial charge in [-0.15, -0.1) is 0 Å². The van der Waals surface area contributed by atoms with Crippen LogP contribution in [0.2, 0.25) is 0 Å². The molecule has 1 heterocycles. The fourth-order valence-corrected chi connectivity index (χ4v) is 4.75. The number of rotatable bonds is 7. The van der Waals surface area contributed by atoms with E-state index in [-0.39, 0.29) is 18.1 Å². The first kappa shape index (κ1) is 21.2. The SMILES string of the molecule is CCO[C@H]1CC[C@@H](Oc2c(OC)cc(C)c3[nH]ccc23)[C@@H](c2ccccc2C(=O)O)C1. The maximum absolute atomic E-state index is 11.9. The van der Waals surface area contributed by atoms with Crippen molar-refractivity contribution >= 4 is 16.9 Å². The van der Waals surface area contributed by atoms with E-state index in [9.17, 15) is 9.90 Å². The molecule has 0 bridgehead atoms. The topological polar surface area (TPSA) is 80.8 Å². The number of aromatic amines is 1. The van der Waals surface area contributed by atoms with Crippen LogP contribution in [-0.2, 0) is 4.74 Å². The monoisotopic (exact) mass is 423 g/mol. The molecule has 0 spiro atoms. The van der Waals surface area contributed by atoms with E-state index in [1.165, 1.54) is 0 Å². The number of methoxy groups -OCH3 is 1. The highest BCUT2D eigenvalue weighted by atomic mass is 16.5. The Labute approximate surface area is 182 Å². The van der Waals surface area contributed by atoms with Gasteiger partial charge in [0.2, 0.25) is 0 Å². The number of ether oxygens (including phenoxy) is 3. The number of hydrogen-bond acceptors (Lipinski definition) is 4. The Morgan fingerprint density at radius 3 is 2.77 bits per heavy atom. The van der Waals surface area contributed by atoms with Crippen molar-refractivity contribution in [2.75, 3.05) is 13.7 Å². The van der Waals surface area contributed by atoms with Gasteiger partial charge in [0.05, 0.1) is 24.3 Å². The summed E-state index contributed by atoms with van der Waals surface area (Å²) in [6, 6.07) is 11.2. The molecule has 2 N–H and O–H groups in total. The molecule has 1 aromatic heterocycles. The molecule has 6 nitrogen and oxygen atoms in total. The van der Waals surface area contributed by atoms with E-state index in [0.29, 0.717) is 30.1 Å². The lowest BCUT2D eigenvalue weighted by atomic mass is 9.78. The van der Waals surface area contributed by atoms with Crippen molar-refractivity contribution in [3.63, 3.8) is 0 Å². The summed E-state index contributed by atoms with van der Waals surface area (Å²) in [5.41, 5.74) is 3.21. The van der Waals surface area contributed by atoms with Crippen LogP contribution in [0.4, 0.5) is 0 Å². The molecule has 1 fully saturated rings. The zero-order valence-electron chi connectivity index (χ0n) is 18.2. The van der Waals surface area contributed by atoms with Crippen molar-refractivity contribution in [1.29, 1.82) is 0 Å². The summed E-state index contributed by atoms with van der Waals surface area (Å²) in [7, 11) is 1.64. The molecule has 6 heteroatoms. The highest BCUT2D eigenvalue weighted by Crippen LogP contribution is 2.43. The summed E-state index contributed by atoms with van der Waals surface area (Å²) in [5, 5.41) is 10.7. The average molecular weight is 424 g/mol. The van der Waals surface area contributed by atoms with Gasteiger partial charge in [0.15, 0.2) is 11.5 Å². The summed E-state index contributed by atoms with van der Waals surface area (Å²) in [6.45, 7) is 4.66. The van der Waals surface area contributed by atoms with Crippen molar-refractivity contribution in [1.82, 2.24) is 4.98 Å².